The molecule has 2 aliphatic heterocycles. The molecule has 0 amide bonds. The molecule has 5 nitrogen and oxygen atoms in total. The molecule has 0 radical (unpaired) electrons. The van der Waals surface area contributed by atoms with Gasteiger partial charge in [0.2, 0.25) is 0 Å². The van der Waals surface area contributed by atoms with Gasteiger partial charge >= 0.3 is 6.18 Å². The molecule has 1 spiro atoms. The lowest BCUT2D eigenvalue weighted by Crippen LogP contribution is -2.45. The molecule has 0 aromatic carbocycles. The van der Waals surface area contributed by atoms with Gasteiger partial charge in [0.05, 0.1) is 11.7 Å². The molecule has 2 aromatic rings. The van der Waals surface area contributed by atoms with Gasteiger partial charge in [-0.2, -0.15) is 13.2 Å². The highest BCUT2D eigenvalue weighted by atomic mass is 28.4. The molecule has 1 aliphatic carbocycles. The molecule has 2 unspecified atom stereocenters. The topological polar surface area (TPSA) is 53.5 Å². The number of nitrogens with zero attached hydrogens (tertiary/aromatic N) is 2. The van der Waals surface area contributed by atoms with Crippen molar-refractivity contribution in [3.63, 3.8) is 0 Å². The van der Waals surface area contributed by atoms with E-state index in [1.54, 1.807) is 0 Å². The SMILES string of the molecule is CC(C)c1nc2c(c3c1C(c1ccc(C(F)(F)F)nc1)OC31CCOCC1)C(O[Si](C)(C)C(C)(C)C)CC(C)(C)C2. The Morgan fingerprint density at radius 3 is 2.24 bits per heavy atom. The van der Waals surface area contributed by atoms with Gasteiger partial charge in [0.25, 0.3) is 0 Å². The van der Waals surface area contributed by atoms with E-state index < -0.39 is 31.9 Å². The molecule has 3 aliphatic rings. The second-order valence-electron chi connectivity index (χ2n) is 14.8. The second kappa shape index (κ2) is 10.1. The van der Waals surface area contributed by atoms with Crippen molar-refractivity contribution in [1.82, 2.24) is 9.97 Å². The summed E-state index contributed by atoms with van der Waals surface area (Å²) in [5.41, 5.74) is 4.43. The Labute approximate surface area is 243 Å². The Hall–Kier alpha value is -1.81. The monoisotopic (exact) mass is 590 g/mol. The van der Waals surface area contributed by atoms with Crippen LogP contribution >= 0.6 is 0 Å². The van der Waals surface area contributed by atoms with Crippen LogP contribution in [0.25, 0.3) is 0 Å². The Balaban J connectivity index is 1.76. The van der Waals surface area contributed by atoms with Crippen LogP contribution in [-0.2, 0) is 32.1 Å². The number of hydrogen-bond acceptors (Lipinski definition) is 5. The standard InChI is InChI=1S/C32H45F3N2O3Si/c1-19(2)27-25-26(24-21(37-27)16-30(6,7)17-22(24)40-41(8,9)29(3,4)5)31(12-14-38-15-13-31)39-28(25)20-10-11-23(36-18-20)32(33,34)35/h10-11,18-19,22,28H,12-17H2,1-9H3. The summed E-state index contributed by atoms with van der Waals surface area (Å²) in [7, 11) is -2.17. The molecule has 5 rings (SSSR count). The number of halogens is 3. The number of alkyl halides is 3. The summed E-state index contributed by atoms with van der Waals surface area (Å²) in [4.78, 5) is 9.16. The molecule has 226 valence electrons. The number of pyridine rings is 2. The fraction of sp³-hybridized carbons (Fsp3) is 0.688. The number of hydrogen-bond donors (Lipinski definition) is 0. The number of fused-ring (bicyclic) bond motifs is 4. The zero-order chi connectivity index (χ0) is 30.2. The van der Waals surface area contributed by atoms with Crippen molar-refractivity contribution in [2.75, 3.05) is 13.2 Å². The summed E-state index contributed by atoms with van der Waals surface area (Å²) < 4.78 is 60.2. The molecule has 41 heavy (non-hydrogen) atoms. The van der Waals surface area contributed by atoms with Crippen LogP contribution in [0.1, 0.15) is 125 Å². The summed E-state index contributed by atoms with van der Waals surface area (Å²) in [6.07, 6.45) is -0.803. The maximum Gasteiger partial charge on any atom is 0.433 e. The molecule has 0 bridgehead atoms. The van der Waals surface area contributed by atoms with Crippen LogP contribution in [0.4, 0.5) is 13.2 Å². The fourth-order valence-corrected chi connectivity index (χ4v) is 7.76. The molecular formula is C32H45F3N2O3Si. The van der Waals surface area contributed by atoms with Crippen LogP contribution in [0.3, 0.4) is 0 Å². The van der Waals surface area contributed by atoms with Gasteiger partial charge in [-0.3, -0.25) is 9.97 Å². The normalized spacial score (nSPS) is 24.0. The van der Waals surface area contributed by atoms with Gasteiger partial charge in [-0.1, -0.05) is 54.5 Å². The Morgan fingerprint density at radius 2 is 1.71 bits per heavy atom. The molecule has 1 fully saturated rings. The van der Waals surface area contributed by atoms with Crippen LogP contribution in [0.2, 0.25) is 18.1 Å². The molecule has 2 aromatic heterocycles. The van der Waals surface area contributed by atoms with E-state index in [-0.39, 0.29) is 22.5 Å². The molecule has 9 heteroatoms. The van der Waals surface area contributed by atoms with Gasteiger partial charge in [0, 0.05) is 60.3 Å². The van der Waals surface area contributed by atoms with E-state index in [1.807, 2.05) is 0 Å². The number of rotatable bonds is 4. The third kappa shape index (κ3) is 5.52. The van der Waals surface area contributed by atoms with Gasteiger partial charge < -0.3 is 13.9 Å². The predicted molar refractivity (Wildman–Crippen MR) is 155 cm³/mol. The first-order valence-corrected chi connectivity index (χ1v) is 17.8. The summed E-state index contributed by atoms with van der Waals surface area (Å²) in [6.45, 7) is 21.3. The zero-order valence-corrected chi connectivity index (χ0v) is 27.0. The molecule has 0 saturated carbocycles. The van der Waals surface area contributed by atoms with Gasteiger partial charge in [-0.05, 0) is 53.9 Å². The van der Waals surface area contributed by atoms with E-state index >= 15 is 0 Å². The fourth-order valence-electron chi connectivity index (χ4n) is 6.50. The van der Waals surface area contributed by atoms with Crippen molar-refractivity contribution in [3.8, 4) is 0 Å². The quantitative estimate of drug-likeness (QED) is 0.333. The summed E-state index contributed by atoms with van der Waals surface area (Å²) >= 11 is 0. The zero-order valence-electron chi connectivity index (χ0n) is 26.0. The summed E-state index contributed by atoms with van der Waals surface area (Å²) in [5, 5.41) is 0.0323. The predicted octanol–water partition coefficient (Wildman–Crippen LogP) is 8.78. The van der Waals surface area contributed by atoms with Crippen molar-refractivity contribution in [2.45, 2.75) is 122 Å². The van der Waals surface area contributed by atoms with Crippen molar-refractivity contribution in [2.24, 2.45) is 5.41 Å². The Bertz CT molecular complexity index is 1290. The first-order valence-electron chi connectivity index (χ1n) is 14.9. The van der Waals surface area contributed by atoms with Crippen LogP contribution in [0, 0.1) is 5.41 Å². The van der Waals surface area contributed by atoms with Crippen molar-refractivity contribution < 1.29 is 27.1 Å². The minimum absolute atomic E-state index is 0.00850. The van der Waals surface area contributed by atoms with E-state index in [4.69, 9.17) is 18.9 Å². The Kier molecular flexibility index (Phi) is 7.57. The first kappa shape index (κ1) is 30.6. The Morgan fingerprint density at radius 1 is 1.05 bits per heavy atom. The largest absolute Gasteiger partial charge is 0.433 e. The lowest BCUT2D eigenvalue weighted by Gasteiger charge is -2.46. The van der Waals surface area contributed by atoms with E-state index in [1.165, 1.54) is 12.3 Å². The number of ether oxygens (including phenoxy) is 2. The average Bonchev–Trinajstić information content (AvgIpc) is 3.15. The van der Waals surface area contributed by atoms with Crippen LogP contribution in [0.5, 0.6) is 0 Å². The molecule has 4 heterocycles. The van der Waals surface area contributed by atoms with E-state index in [2.05, 4.69) is 66.5 Å². The third-order valence-corrected chi connectivity index (χ3v) is 14.1. The van der Waals surface area contributed by atoms with Gasteiger partial charge in [0.15, 0.2) is 8.32 Å². The maximum atomic E-state index is 13.4. The van der Waals surface area contributed by atoms with Crippen LogP contribution < -0.4 is 0 Å². The van der Waals surface area contributed by atoms with Crippen LogP contribution in [0.15, 0.2) is 18.3 Å². The van der Waals surface area contributed by atoms with Gasteiger partial charge in [-0.15, -0.1) is 0 Å². The maximum absolute atomic E-state index is 13.4. The molecule has 2 atom stereocenters. The van der Waals surface area contributed by atoms with Crippen molar-refractivity contribution in [1.29, 1.82) is 0 Å². The average molecular weight is 591 g/mol. The highest BCUT2D eigenvalue weighted by molar-refractivity contribution is 6.74. The highest BCUT2D eigenvalue weighted by Crippen LogP contribution is 2.59. The first-order chi connectivity index (χ1) is 18.9. The molecular weight excluding hydrogens is 545 g/mol. The molecule has 0 N–H and O–H groups in total. The van der Waals surface area contributed by atoms with Gasteiger partial charge in [-0.25, -0.2) is 0 Å². The van der Waals surface area contributed by atoms with Gasteiger partial charge in [0.1, 0.15) is 11.8 Å². The van der Waals surface area contributed by atoms with Crippen molar-refractivity contribution in [3.05, 3.63) is 57.7 Å². The van der Waals surface area contributed by atoms with E-state index in [9.17, 15) is 13.2 Å². The van der Waals surface area contributed by atoms with Crippen LogP contribution in [-0.4, -0.2) is 31.5 Å². The molecule has 1 saturated heterocycles. The highest BCUT2D eigenvalue weighted by Gasteiger charge is 2.53. The minimum Gasteiger partial charge on any atom is -0.410 e. The third-order valence-electron chi connectivity index (χ3n) is 9.62. The lowest BCUT2D eigenvalue weighted by atomic mass is 9.70. The van der Waals surface area contributed by atoms with E-state index in [0.29, 0.717) is 31.6 Å². The van der Waals surface area contributed by atoms with Crippen molar-refractivity contribution >= 4 is 8.32 Å². The summed E-state index contributed by atoms with van der Waals surface area (Å²) in [5.74, 6) is 0.0994. The second-order valence-corrected chi connectivity index (χ2v) is 19.5. The minimum atomic E-state index is -4.50. The summed E-state index contributed by atoms with van der Waals surface area (Å²) in [6, 6.07) is 2.57. The van der Waals surface area contributed by atoms with E-state index in [0.717, 1.165) is 47.0 Å². The lowest BCUT2D eigenvalue weighted by molar-refractivity contribution is -0.141. The number of aromatic nitrogens is 2. The smallest absolute Gasteiger partial charge is 0.410 e.